The minimum Gasteiger partial charge on any atom is -0.356 e. The summed E-state index contributed by atoms with van der Waals surface area (Å²) < 4.78 is 0. The van der Waals surface area contributed by atoms with Gasteiger partial charge in [0, 0.05) is 19.0 Å². The monoisotopic (exact) mass is 251 g/mol. The second kappa shape index (κ2) is 6.49. The van der Waals surface area contributed by atoms with Crippen LogP contribution in [0.4, 0.5) is 0 Å². The van der Waals surface area contributed by atoms with Crippen LogP contribution in [0.2, 0.25) is 0 Å². The lowest BCUT2D eigenvalue weighted by molar-refractivity contribution is -0.126. The predicted octanol–water partition coefficient (Wildman–Crippen LogP) is 0.371. The normalized spacial score (nSPS) is 23.8. The number of carbonyl (C=O) groups is 1. The zero-order valence-electron chi connectivity index (χ0n) is 10.6. The van der Waals surface area contributed by atoms with Crippen LogP contribution in [-0.4, -0.2) is 33.7 Å². The van der Waals surface area contributed by atoms with E-state index >= 15 is 0 Å². The fraction of sp³-hybridized carbons (Fsp3) is 0.750. The second-order valence-corrected chi connectivity index (χ2v) is 4.88. The third-order valence-corrected chi connectivity index (χ3v) is 3.51. The van der Waals surface area contributed by atoms with E-state index in [-0.39, 0.29) is 17.9 Å². The van der Waals surface area contributed by atoms with Crippen molar-refractivity contribution in [3.8, 4) is 0 Å². The summed E-state index contributed by atoms with van der Waals surface area (Å²) in [5, 5.41) is 9.55. The van der Waals surface area contributed by atoms with Gasteiger partial charge in [-0.05, 0) is 19.3 Å². The number of hydrogen-bond acceptors (Lipinski definition) is 4. The highest BCUT2D eigenvalue weighted by molar-refractivity contribution is 5.79. The van der Waals surface area contributed by atoms with Crippen molar-refractivity contribution in [1.82, 2.24) is 20.5 Å². The van der Waals surface area contributed by atoms with Crippen molar-refractivity contribution in [1.29, 1.82) is 0 Å². The molecule has 0 spiro atoms. The Bertz CT molecular complexity index is 365. The molecule has 4 N–H and O–H groups in total. The number of hydrogen-bond donors (Lipinski definition) is 3. The Kier molecular flexibility index (Phi) is 4.69. The van der Waals surface area contributed by atoms with Crippen molar-refractivity contribution >= 4 is 5.91 Å². The molecular weight excluding hydrogens is 230 g/mol. The minimum atomic E-state index is 0.00373. The van der Waals surface area contributed by atoms with E-state index in [1.165, 1.54) is 6.33 Å². The number of nitrogens with one attached hydrogen (secondary N) is 2. The zero-order valence-corrected chi connectivity index (χ0v) is 10.6. The van der Waals surface area contributed by atoms with Crippen molar-refractivity contribution < 1.29 is 4.79 Å². The topological polar surface area (TPSA) is 96.7 Å². The molecule has 0 aromatic carbocycles. The predicted molar refractivity (Wildman–Crippen MR) is 67.6 cm³/mol. The van der Waals surface area contributed by atoms with E-state index in [2.05, 4.69) is 20.5 Å². The van der Waals surface area contributed by atoms with E-state index in [0.29, 0.717) is 6.54 Å². The number of aromatic amines is 1. The molecular formula is C12H21N5O. The number of H-pyrrole nitrogens is 1. The number of aryl methyl sites for hydroxylation is 1. The van der Waals surface area contributed by atoms with Crippen LogP contribution in [-0.2, 0) is 11.2 Å². The molecule has 2 atom stereocenters. The van der Waals surface area contributed by atoms with Crippen LogP contribution >= 0.6 is 0 Å². The van der Waals surface area contributed by atoms with Crippen LogP contribution in [0.5, 0.6) is 0 Å². The van der Waals surface area contributed by atoms with Crippen molar-refractivity contribution in [2.45, 2.75) is 44.6 Å². The van der Waals surface area contributed by atoms with E-state index in [0.717, 1.165) is 44.3 Å². The maximum absolute atomic E-state index is 11.9. The number of nitrogens with two attached hydrogens (primary N) is 1. The van der Waals surface area contributed by atoms with Crippen molar-refractivity contribution in [3.05, 3.63) is 12.2 Å². The molecule has 0 saturated heterocycles. The summed E-state index contributed by atoms with van der Waals surface area (Å²) in [6, 6.07) is 0.0352. The van der Waals surface area contributed by atoms with Gasteiger partial charge >= 0.3 is 0 Å². The van der Waals surface area contributed by atoms with Crippen LogP contribution in [0.15, 0.2) is 6.33 Å². The summed E-state index contributed by atoms with van der Waals surface area (Å²) in [7, 11) is 0. The second-order valence-electron chi connectivity index (χ2n) is 4.88. The lowest BCUT2D eigenvalue weighted by Crippen LogP contribution is -2.43. The first-order chi connectivity index (χ1) is 8.77. The van der Waals surface area contributed by atoms with Crippen molar-refractivity contribution in [3.63, 3.8) is 0 Å². The Balaban J connectivity index is 1.65. The minimum absolute atomic E-state index is 0.00373. The lowest BCUT2D eigenvalue weighted by Gasteiger charge is -2.27. The highest BCUT2D eigenvalue weighted by atomic mass is 16.1. The molecule has 1 aliphatic carbocycles. The van der Waals surface area contributed by atoms with Crippen LogP contribution in [0.3, 0.4) is 0 Å². The molecule has 18 heavy (non-hydrogen) atoms. The van der Waals surface area contributed by atoms with Gasteiger partial charge in [0.15, 0.2) is 0 Å². The van der Waals surface area contributed by atoms with Crippen molar-refractivity contribution in [2.75, 3.05) is 6.54 Å². The van der Waals surface area contributed by atoms with Crippen LogP contribution in [0.1, 0.15) is 37.9 Å². The molecule has 1 aliphatic rings. The maximum atomic E-state index is 11.9. The van der Waals surface area contributed by atoms with Gasteiger partial charge in [-0.3, -0.25) is 9.89 Å². The summed E-state index contributed by atoms with van der Waals surface area (Å²) >= 11 is 0. The van der Waals surface area contributed by atoms with E-state index in [1.54, 1.807) is 0 Å². The van der Waals surface area contributed by atoms with Gasteiger partial charge in [0.2, 0.25) is 5.91 Å². The Morgan fingerprint density at radius 2 is 2.33 bits per heavy atom. The molecule has 1 saturated carbocycles. The molecule has 0 bridgehead atoms. The van der Waals surface area contributed by atoms with Gasteiger partial charge < -0.3 is 11.1 Å². The molecule has 0 radical (unpaired) electrons. The molecule has 1 aromatic heterocycles. The van der Waals surface area contributed by atoms with Crippen LogP contribution in [0, 0.1) is 5.92 Å². The van der Waals surface area contributed by atoms with E-state index < -0.39 is 0 Å². The quantitative estimate of drug-likeness (QED) is 0.659. The summed E-state index contributed by atoms with van der Waals surface area (Å²) in [5.41, 5.74) is 5.98. The Morgan fingerprint density at radius 1 is 1.50 bits per heavy atom. The number of rotatable bonds is 5. The van der Waals surface area contributed by atoms with E-state index in [1.807, 2.05) is 0 Å². The summed E-state index contributed by atoms with van der Waals surface area (Å²) in [5.74, 6) is 0.974. The van der Waals surface area contributed by atoms with Gasteiger partial charge in [-0.1, -0.05) is 12.8 Å². The smallest absolute Gasteiger partial charge is 0.224 e. The maximum Gasteiger partial charge on any atom is 0.224 e. The van der Waals surface area contributed by atoms with E-state index in [4.69, 9.17) is 5.73 Å². The third kappa shape index (κ3) is 3.53. The molecule has 6 nitrogen and oxygen atoms in total. The Hall–Kier alpha value is -1.43. The first-order valence-electron chi connectivity index (χ1n) is 6.65. The zero-order chi connectivity index (χ0) is 12.8. The average Bonchev–Trinajstić information content (AvgIpc) is 2.88. The third-order valence-electron chi connectivity index (χ3n) is 3.51. The van der Waals surface area contributed by atoms with Gasteiger partial charge in [0.1, 0.15) is 12.2 Å². The molecule has 1 fully saturated rings. The van der Waals surface area contributed by atoms with E-state index in [9.17, 15) is 4.79 Å². The first-order valence-corrected chi connectivity index (χ1v) is 6.65. The highest BCUT2D eigenvalue weighted by Gasteiger charge is 2.27. The molecule has 0 aliphatic heterocycles. The molecule has 1 heterocycles. The van der Waals surface area contributed by atoms with Gasteiger partial charge in [-0.2, -0.15) is 5.10 Å². The molecule has 1 amide bonds. The number of nitrogens with zero attached hydrogens (tertiary/aromatic N) is 2. The summed E-state index contributed by atoms with van der Waals surface area (Å²) in [4.78, 5) is 16.0. The van der Waals surface area contributed by atoms with Gasteiger partial charge in [0.05, 0.1) is 5.92 Å². The number of amides is 1. The fourth-order valence-corrected chi connectivity index (χ4v) is 2.43. The highest BCUT2D eigenvalue weighted by Crippen LogP contribution is 2.22. The standard InChI is InChI=1S/C12H21N5O/c13-10-5-2-1-4-9(10)12(18)14-7-3-6-11-15-8-16-17-11/h8-10H,1-7,13H2,(H,14,18)(H,15,16,17). The van der Waals surface area contributed by atoms with Gasteiger partial charge in [-0.25, -0.2) is 4.98 Å². The Labute approximate surface area is 107 Å². The fourth-order valence-electron chi connectivity index (χ4n) is 2.43. The first kappa shape index (κ1) is 13.0. The van der Waals surface area contributed by atoms with Gasteiger partial charge in [0.25, 0.3) is 0 Å². The lowest BCUT2D eigenvalue weighted by atomic mass is 9.84. The summed E-state index contributed by atoms with van der Waals surface area (Å²) in [6.07, 6.45) is 7.32. The Morgan fingerprint density at radius 3 is 3.06 bits per heavy atom. The molecule has 2 unspecified atom stereocenters. The average molecular weight is 251 g/mol. The van der Waals surface area contributed by atoms with Gasteiger partial charge in [-0.15, -0.1) is 0 Å². The number of carbonyl (C=O) groups excluding carboxylic acids is 1. The van der Waals surface area contributed by atoms with Crippen molar-refractivity contribution in [2.24, 2.45) is 11.7 Å². The molecule has 100 valence electrons. The molecule has 1 aromatic rings. The van der Waals surface area contributed by atoms with Crippen LogP contribution in [0.25, 0.3) is 0 Å². The SMILES string of the molecule is NC1CCCCC1C(=O)NCCCc1ncn[nH]1. The largest absolute Gasteiger partial charge is 0.356 e. The number of aromatic nitrogens is 3. The van der Waals surface area contributed by atoms with Crippen LogP contribution < -0.4 is 11.1 Å². The summed E-state index contributed by atoms with van der Waals surface area (Å²) in [6.45, 7) is 0.669. The molecule has 6 heteroatoms. The molecule has 2 rings (SSSR count).